The Bertz CT molecular complexity index is 1430. The van der Waals surface area contributed by atoms with Gasteiger partial charge in [-0.2, -0.15) is 0 Å². The maximum atomic E-state index is 13.1. The highest BCUT2D eigenvalue weighted by molar-refractivity contribution is 7.19. The fraction of sp³-hybridized carbons (Fsp3) is 0.379. The number of para-hydroxylation sites is 1. The van der Waals surface area contributed by atoms with Crippen molar-refractivity contribution >= 4 is 51.1 Å². The molecule has 0 aliphatic carbocycles. The number of benzene rings is 2. The Morgan fingerprint density at radius 2 is 1.92 bits per heavy atom. The minimum Gasteiger partial charge on any atom is -0.444 e. The lowest BCUT2D eigenvalue weighted by molar-refractivity contribution is -0.116. The number of fused-ring (bicyclic) bond motifs is 2. The molecule has 198 valence electrons. The highest BCUT2D eigenvalue weighted by atomic mass is 32.1. The number of anilines is 1. The molecule has 0 N–H and O–H groups in total. The molecule has 0 atom stereocenters. The van der Waals surface area contributed by atoms with Crippen LogP contribution in [0.5, 0.6) is 0 Å². The van der Waals surface area contributed by atoms with Crippen molar-refractivity contribution in [2.45, 2.75) is 58.7 Å². The Hall–Kier alpha value is -3.56. The van der Waals surface area contributed by atoms with Gasteiger partial charge in [0.15, 0.2) is 0 Å². The maximum Gasteiger partial charge on any atom is 0.410 e. The molecule has 0 radical (unpaired) electrons. The van der Waals surface area contributed by atoms with Crippen molar-refractivity contribution in [3.63, 3.8) is 0 Å². The summed E-state index contributed by atoms with van der Waals surface area (Å²) in [5.74, 6) is -0.423. The van der Waals surface area contributed by atoms with Gasteiger partial charge >= 0.3 is 6.09 Å². The van der Waals surface area contributed by atoms with Gasteiger partial charge in [0.1, 0.15) is 10.6 Å². The number of ether oxygens (including phenoxy) is 2. The Morgan fingerprint density at radius 1 is 1.18 bits per heavy atom. The molecule has 2 aliphatic heterocycles. The molecule has 3 aromatic rings. The number of hydrogen-bond donors (Lipinski definition) is 0. The van der Waals surface area contributed by atoms with E-state index in [1.54, 1.807) is 29.2 Å². The second-order valence-corrected chi connectivity index (χ2v) is 11.6. The van der Waals surface area contributed by atoms with Crippen LogP contribution in [0.2, 0.25) is 0 Å². The Labute approximate surface area is 225 Å². The van der Waals surface area contributed by atoms with Crippen molar-refractivity contribution in [3.8, 4) is 0 Å². The van der Waals surface area contributed by atoms with E-state index in [0.29, 0.717) is 41.7 Å². The second-order valence-electron chi connectivity index (χ2n) is 10.5. The van der Waals surface area contributed by atoms with Crippen LogP contribution >= 0.6 is 11.3 Å². The van der Waals surface area contributed by atoms with Gasteiger partial charge < -0.3 is 14.4 Å². The predicted octanol–water partition coefficient (Wildman–Crippen LogP) is 5.80. The van der Waals surface area contributed by atoms with Gasteiger partial charge in [0.2, 0.25) is 11.7 Å². The Morgan fingerprint density at radius 3 is 2.63 bits per heavy atom. The highest BCUT2D eigenvalue weighted by Crippen LogP contribution is 2.36. The van der Waals surface area contributed by atoms with Crippen molar-refractivity contribution in [2.75, 3.05) is 18.1 Å². The van der Waals surface area contributed by atoms with E-state index in [1.807, 2.05) is 45.0 Å². The van der Waals surface area contributed by atoms with Crippen molar-refractivity contribution in [2.24, 2.45) is 0 Å². The summed E-state index contributed by atoms with van der Waals surface area (Å²) in [4.78, 5) is 46.5. The van der Waals surface area contributed by atoms with E-state index in [0.717, 1.165) is 28.6 Å². The molecule has 2 aliphatic rings. The molecular formula is C29H31N3O5S. The number of carbonyl (C=O) groups is 3. The number of carbonyl (C=O) groups excluding carboxylic acids is 3. The van der Waals surface area contributed by atoms with Crippen LogP contribution in [0.25, 0.3) is 16.3 Å². The third-order valence-electron chi connectivity index (χ3n) is 6.52. The van der Waals surface area contributed by atoms with Crippen LogP contribution in [0.3, 0.4) is 0 Å². The van der Waals surface area contributed by atoms with E-state index in [-0.39, 0.29) is 23.8 Å². The monoisotopic (exact) mass is 533 g/mol. The molecule has 38 heavy (non-hydrogen) atoms. The van der Waals surface area contributed by atoms with Gasteiger partial charge in [0, 0.05) is 44.4 Å². The van der Waals surface area contributed by atoms with Crippen molar-refractivity contribution in [3.05, 3.63) is 64.3 Å². The van der Waals surface area contributed by atoms with Crippen LogP contribution in [0, 0.1) is 0 Å². The van der Waals surface area contributed by atoms with E-state index in [9.17, 15) is 14.4 Å². The zero-order valence-electron chi connectivity index (χ0n) is 22.0. The molecular weight excluding hydrogens is 502 g/mol. The zero-order valence-corrected chi connectivity index (χ0v) is 22.8. The quantitative estimate of drug-likeness (QED) is 0.394. The zero-order chi connectivity index (χ0) is 27.0. The van der Waals surface area contributed by atoms with Crippen LogP contribution < -0.4 is 4.90 Å². The average Bonchev–Trinajstić information content (AvgIpc) is 3.40. The van der Waals surface area contributed by atoms with Gasteiger partial charge in [-0.05, 0) is 63.4 Å². The van der Waals surface area contributed by atoms with Crippen molar-refractivity contribution < 1.29 is 23.9 Å². The molecule has 2 aromatic carbocycles. The van der Waals surface area contributed by atoms with Crippen LogP contribution in [0.15, 0.2) is 48.2 Å². The first-order valence-electron chi connectivity index (χ1n) is 12.7. The molecule has 0 unspecified atom stereocenters. The first-order chi connectivity index (χ1) is 18.1. The first kappa shape index (κ1) is 26.1. The van der Waals surface area contributed by atoms with E-state index < -0.39 is 5.60 Å². The SMILES string of the molecule is CC(=O)N1/C(=C/c2nc3ccc(CN(C(=O)OC(C)(C)C)C4CCOCC4)cc3s2)C(=O)c2ccccc21. The molecule has 1 aromatic heterocycles. The minimum absolute atomic E-state index is 0.0450. The summed E-state index contributed by atoms with van der Waals surface area (Å²) in [6.07, 6.45) is 2.89. The van der Waals surface area contributed by atoms with Crippen molar-refractivity contribution in [1.82, 2.24) is 9.88 Å². The third-order valence-corrected chi connectivity index (χ3v) is 7.49. The summed E-state index contributed by atoms with van der Waals surface area (Å²) in [5.41, 5.74) is 2.57. The number of ketones is 1. The molecule has 0 spiro atoms. The third kappa shape index (κ3) is 5.35. The Balaban J connectivity index is 1.43. The summed E-state index contributed by atoms with van der Waals surface area (Å²) in [6, 6.07) is 13.1. The van der Waals surface area contributed by atoms with Crippen LogP contribution in [0.4, 0.5) is 10.5 Å². The molecule has 8 nitrogen and oxygen atoms in total. The van der Waals surface area contributed by atoms with E-state index >= 15 is 0 Å². The lowest BCUT2D eigenvalue weighted by Gasteiger charge is -2.35. The van der Waals surface area contributed by atoms with Crippen LogP contribution in [0.1, 0.15) is 61.5 Å². The van der Waals surface area contributed by atoms with E-state index in [1.165, 1.54) is 23.2 Å². The standard InChI is InChI=1S/C29H31N3O5S/c1-18(33)32-23-8-6-5-7-21(23)27(34)24(32)16-26-30-22-10-9-19(15-25(22)38-26)17-31(20-11-13-36-14-12-20)28(35)37-29(2,3)4/h5-10,15-16,20H,11-14,17H2,1-4H3/b24-16+. The molecule has 0 bridgehead atoms. The second kappa shape index (κ2) is 10.3. The smallest absolute Gasteiger partial charge is 0.410 e. The first-order valence-corrected chi connectivity index (χ1v) is 13.6. The van der Waals surface area contributed by atoms with Crippen molar-refractivity contribution in [1.29, 1.82) is 0 Å². The van der Waals surface area contributed by atoms with Crippen LogP contribution in [-0.4, -0.2) is 52.5 Å². The average molecular weight is 534 g/mol. The number of rotatable bonds is 4. The summed E-state index contributed by atoms with van der Waals surface area (Å²) in [6.45, 7) is 8.71. The molecule has 3 heterocycles. The summed E-state index contributed by atoms with van der Waals surface area (Å²) in [5, 5.41) is 0.632. The van der Waals surface area contributed by atoms with Gasteiger partial charge in [0.05, 0.1) is 21.6 Å². The fourth-order valence-corrected chi connectivity index (χ4v) is 5.79. The largest absolute Gasteiger partial charge is 0.444 e. The number of nitrogens with zero attached hydrogens (tertiary/aromatic N) is 3. The topological polar surface area (TPSA) is 89.0 Å². The van der Waals surface area contributed by atoms with Crippen LogP contribution in [-0.2, 0) is 20.8 Å². The predicted molar refractivity (Wildman–Crippen MR) is 147 cm³/mol. The molecule has 2 amide bonds. The lowest BCUT2D eigenvalue weighted by atomic mass is 10.1. The Kier molecular flexibility index (Phi) is 7.07. The number of aromatic nitrogens is 1. The normalized spacial score (nSPS) is 17.2. The molecule has 1 saturated heterocycles. The highest BCUT2D eigenvalue weighted by Gasteiger charge is 2.35. The summed E-state index contributed by atoms with van der Waals surface area (Å²) in [7, 11) is 0. The van der Waals surface area contributed by atoms with E-state index in [4.69, 9.17) is 14.5 Å². The number of thiazole rings is 1. The molecule has 5 rings (SSSR count). The number of Topliss-reactive ketones (excluding diaryl/α,β-unsaturated/α-hetero) is 1. The number of allylic oxidation sites excluding steroid dienone is 1. The molecule has 0 saturated carbocycles. The van der Waals surface area contributed by atoms with Gasteiger partial charge in [0.25, 0.3) is 0 Å². The summed E-state index contributed by atoms with van der Waals surface area (Å²) < 4.78 is 12.2. The fourth-order valence-electron chi connectivity index (χ4n) is 4.82. The molecule has 9 heteroatoms. The molecule has 1 fully saturated rings. The van der Waals surface area contributed by atoms with Gasteiger partial charge in [-0.1, -0.05) is 18.2 Å². The van der Waals surface area contributed by atoms with Gasteiger partial charge in [-0.15, -0.1) is 11.3 Å². The summed E-state index contributed by atoms with van der Waals surface area (Å²) >= 11 is 1.44. The van der Waals surface area contributed by atoms with Gasteiger partial charge in [-0.3, -0.25) is 14.5 Å². The van der Waals surface area contributed by atoms with E-state index in [2.05, 4.69) is 0 Å². The maximum absolute atomic E-state index is 13.1. The number of amides is 2. The number of hydrogen-bond acceptors (Lipinski definition) is 7. The van der Waals surface area contributed by atoms with Gasteiger partial charge in [-0.25, -0.2) is 9.78 Å². The minimum atomic E-state index is -0.588. The lowest BCUT2D eigenvalue weighted by Crippen LogP contribution is -2.45.